The van der Waals surface area contributed by atoms with Crippen LogP contribution < -0.4 is 4.74 Å². The van der Waals surface area contributed by atoms with Crippen molar-refractivity contribution in [2.24, 2.45) is 0 Å². The zero-order chi connectivity index (χ0) is 21.1. The van der Waals surface area contributed by atoms with Crippen molar-refractivity contribution in [1.29, 1.82) is 0 Å². The van der Waals surface area contributed by atoms with Crippen LogP contribution in [0.15, 0.2) is 54.7 Å². The summed E-state index contributed by atoms with van der Waals surface area (Å²) in [7, 11) is 0. The van der Waals surface area contributed by atoms with Gasteiger partial charge >= 0.3 is 0 Å². The van der Waals surface area contributed by atoms with Gasteiger partial charge in [-0.05, 0) is 43.2 Å². The van der Waals surface area contributed by atoms with E-state index in [1.54, 1.807) is 24.4 Å². The van der Waals surface area contributed by atoms with Gasteiger partial charge in [0.2, 0.25) is 0 Å². The van der Waals surface area contributed by atoms with E-state index < -0.39 is 11.9 Å². The molecule has 1 aliphatic heterocycles. The number of likely N-dealkylation sites (tertiary alicyclic amines) is 1. The van der Waals surface area contributed by atoms with Crippen LogP contribution in [0.2, 0.25) is 10.0 Å². The molecule has 2 N–H and O–H groups in total. The Morgan fingerprint density at radius 1 is 1.10 bits per heavy atom. The minimum absolute atomic E-state index is 0.369. The minimum atomic E-state index is -0.964. The van der Waals surface area contributed by atoms with E-state index in [4.69, 9.17) is 27.9 Å². The first-order chi connectivity index (χ1) is 14.4. The van der Waals surface area contributed by atoms with Gasteiger partial charge in [-0.2, -0.15) is 0 Å². The Bertz CT molecular complexity index is 1020. The van der Waals surface area contributed by atoms with E-state index in [0.717, 1.165) is 29.6 Å². The zero-order valence-electron chi connectivity index (χ0n) is 16.5. The highest BCUT2D eigenvalue weighted by Crippen LogP contribution is 2.34. The maximum atomic E-state index is 11.2. The maximum Gasteiger partial charge on any atom is 0.198 e. The number of aliphatic hydroxyl groups is 2. The number of pyridine rings is 1. The predicted octanol–water partition coefficient (Wildman–Crippen LogP) is 4.61. The Labute approximate surface area is 185 Å². The van der Waals surface area contributed by atoms with Crippen molar-refractivity contribution < 1.29 is 14.9 Å². The van der Waals surface area contributed by atoms with Gasteiger partial charge in [0, 0.05) is 48.2 Å². The van der Waals surface area contributed by atoms with E-state index in [1.807, 2.05) is 30.3 Å². The van der Waals surface area contributed by atoms with Crippen molar-refractivity contribution in [3.8, 4) is 5.75 Å². The Balaban J connectivity index is 1.30. The molecule has 2 heterocycles. The molecule has 158 valence electrons. The molecule has 0 aliphatic carbocycles. The quantitative estimate of drug-likeness (QED) is 0.541. The molecule has 0 bridgehead atoms. The van der Waals surface area contributed by atoms with Gasteiger partial charge in [-0.1, -0.05) is 41.4 Å². The SMILES string of the molecule is OC(CCN1CCC(O)(c2cnc3ccccc3c2)CC1)Oc1ccc(Cl)cc1Cl. The number of aromatic nitrogens is 1. The lowest BCUT2D eigenvalue weighted by Gasteiger charge is -2.38. The lowest BCUT2D eigenvalue weighted by Crippen LogP contribution is -2.43. The van der Waals surface area contributed by atoms with Crippen LogP contribution >= 0.6 is 23.2 Å². The molecule has 4 rings (SSSR count). The van der Waals surface area contributed by atoms with E-state index in [9.17, 15) is 10.2 Å². The summed E-state index contributed by atoms with van der Waals surface area (Å²) in [6, 6.07) is 14.8. The molecular formula is C23H24Cl2N2O3. The van der Waals surface area contributed by atoms with Crippen LogP contribution in [0.25, 0.3) is 10.9 Å². The summed E-state index contributed by atoms with van der Waals surface area (Å²) < 4.78 is 5.52. The number of piperidine rings is 1. The van der Waals surface area contributed by atoms with E-state index in [1.165, 1.54) is 0 Å². The summed E-state index contributed by atoms with van der Waals surface area (Å²) in [5.74, 6) is 0.408. The Hall–Kier alpha value is -1.89. The molecule has 7 heteroatoms. The van der Waals surface area contributed by atoms with Crippen molar-refractivity contribution >= 4 is 34.1 Å². The number of hydrogen-bond acceptors (Lipinski definition) is 5. The first-order valence-electron chi connectivity index (χ1n) is 10.0. The molecule has 0 amide bonds. The molecule has 5 nitrogen and oxygen atoms in total. The van der Waals surface area contributed by atoms with Crippen molar-refractivity contribution in [1.82, 2.24) is 9.88 Å². The fourth-order valence-corrected chi connectivity index (χ4v) is 4.28. The summed E-state index contributed by atoms with van der Waals surface area (Å²) in [5.41, 5.74) is 0.915. The molecule has 1 unspecified atom stereocenters. The summed E-state index contributed by atoms with van der Waals surface area (Å²) in [5, 5.41) is 23.3. The van der Waals surface area contributed by atoms with Crippen LogP contribution in [0, 0.1) is 0 Å². The summed E-state index contributed by atoms with van der Waals surface area (Å²) in [4.78, 5) is 6.71. The lowest BCUT2D eigenvalue weighted by atomic mass is 9.85. The van der Waals surface area contributed by atoms with E-state index in [2.05, 4.69) is 9.88 Å². The molecule has 30 heavy (non-hydrogen) atoms. The fourth-order valence-electron chi connectivity index (χ4n) is 3.83. The van der Waals surface area contributed by atoms with Gasteiger partial charge in [-0.25, -0.2) is 0 Å². The zero-order valence-corrected chi connectivity index (χ0v) is 18.0. The third kappa shape index (κ3) is 4.88. The first-order valence-corrected chi connectivity index (χ1v) is 10.8. The van der Waals surface area contributed by atoms with Gasteiger partial charge in [0.15, 0.2) is 6.29 Å². The molecule has 1 aromatic heterocycles. The molecule has 1 fully saturated rings. The van der Waals surface area contributed by atoms with Gasteiger partial charge in [0.25, 0.3) is 0 Å². The first kappa shape index (κ1) is 21.3. The predicted molar refractivity (Wildman–Crippen MR) is 119 cm³/mol. The average molecular weight is 447 g/mol. The smallest absolute Gasteiger partial charge is 0.198 e. The van der Waals surface area contributed by atoms with Crippen LogP contribution in [0.5, 0.6) is 5.75 Å². The normalized spacial score (nSPS) is 17.7. The van der Waals surface area contributed by atoms with Crippen molar-refractivity contribution in [2.75, 3.05) is 19.6 Å². The van der Waals surface area contributed by atoms with E-state index >= 15 is 0 Å². The highest BCUT2D eigenvalue weighted by Gasteiger charge is 2.34. The van der Waals surface area contributed by atoms with Crippen LogP contribution in [0.4, 0.5) is 0 Å². The van der Waals surface area contributed by atoms with Crippen LogP contribution in [-0.2, 0) is 5.60 Å². The second-order valence-electron chi connectivity index (χ2n) is 7.73. The molecule has 1 atom stereocenters. The monoisotopic (exact) mass is 446 g/mol. The van der Waals surface area contributed by atoms with Crippen LogP contribution in [0.3, 0.4) is 0 Å². The average Bonchev–Trinajstić information content (AvgIpc) is 2.75. The fraction of sp³-hybridized carbons (Fsp3) is 0.348. The number of benzene rings is 2. The molecule has 2 aromatic carbocycles. The number of hydrogen-bond donors (Lipinski definition) is 2. The van der Waals surface area contributed by atoms with E-state index in [-0.39, 0.29) is 0 Å². The standard InChI is InChI=1S/C23H24Cl2N2O3/c24-18-5-6-21(19(25)14-18)30-22(28)7-10-27-11-8-23(29,9-12-27)17-13-16-3-1-2-4-20(16)26-15-17/h1-6,13-15,22,28-29H,7-12H2. The van der Waals surface area contributed by atoms with Crippen molar-refractivity contribution in [3.05, 3.63) is 70.3 Å². The number of rotatable bonds is 6. The second kappa shape index (κ2) is 9.08. The molecule has 3 aromatic rings. The number of para-hydroxylation sites is 1. The molecular weight excluding hydrogens is 423 g/mol. The maximum absolute atomic E-state index is 11.2. The van der Waals surface area contributed by atoms with Gasteiger partial charge in [-0.15, -0.1) is 0 Å². The highest BCUT2D eigenvalue weighted by molar-refractivity contribution is 6.35. The largest absolute Gasteiger partial charge is 0.464 e. The number of halogens is 2. The summed E-state index contributed by atoms with van der Waals surface area (Å²) >= 11 is 12.0. The van der Waals surface area contributed by atoms with Gasteiger partial charge in [-0.3, -0.25) is 4.98 Å². The Morgan fingerprint density at radius 3 is 2.63 bits per heavy atom. The van der Waals surface area contributed by atoms with Crippen molar-refractivity contribution in [3.63, 3.8) is 0 Å². The number of nitrogens with zero attached hydrogens (tertiary/aromatic N) is 2. The van der Waals surface area contributed by atoms with Gasteiger partial charge in [0.05, 0.1) is 16.1 Å². The number of fused-ring (bicyclic) bond motifs is 1. The number of ether oxygens (including phenoxy) is 1. The molecule has 0 radical (unpaired) electrons. The Morgan fingerprint density at radius 2 is 1.87 bits per heavy atom. The highest BCUT2D eigenvalue weighted by atomic mass is 35.5. The van der Waals surface area contributed by atoms with E-state index in [0.29, 0.717) is 41.6 Å². The number of aliphatic hydroxyl groups excluding tert-OH is 1. The van der Waals surface area contributed by atoms with Crippen LogP contribution in [0.1, 0.15) is 24.8 Å². The molecule has 0 spiro atoms. The third-order valence-electron chi connectivity index (χ3n) is 5.66. The van der Waals surface area contributed by atoms with Gasteiger partial charge < -0.3 is 19.8 Å². The summed E-state index contributed by atoms with van der Waals surface area (Å²) in [6.45, 7) is 2.13. The summed E-state index contributed by atoms with van der Waals surface area (Å²) in [6.07, 6.45) is 2.49. The third-order valence-corrected chi connectivity index (χ3v) is 6.19. The second-order valence-corrected chi connectivity index (χ2v) is 8.57. The lowest BCUT2D eigenvalue weighted by molar-refractivity contribution is -0.0476. The van der Waals surface area contributed by atoms with Crippen molar-refractivity contribution in [2.45, 2.75) is 31.2 Å². The Kier molecular flexibility index (Phi) is 6.46. The van der Waals surface area contributed by atoms with Crippen LogP contribution in [-0.4, -0.2) is 46.0 Å². The minimum Gasteiger partial charge on any atom is -0.464 e. The molecule has 1 aliphatic rings. The molecule has 0 saturated carbocycles. The topological polar surface area (TPSA) is 65.8 Å². The molecule has 1 saturated heterocycles. The van der Waals surface area contributed by atoms with Gasteiger partial charge in [0.1, 0.15) is 5.75 Å².